The van der Waals surface area contributed by atoms with Crippen LogP contribution in [-0.4, -0.2) is 41.0 Å². The molecular formula is C17H20ClN3OS. The molecule has 0 radical (unpaired) electrons. The first-order valence-electron chi connectivity index (χ1n) is 7.75. The molecule has 0 saturated carbocycles. The number of carbonyl (C=O) groups excluding carboxylic acids is 1. The number of piperazine rings is 1. The van der Waals surface area contributed by atoms with Gasteiger partial charge in [0.2, 0.25) is 0 Å². The van der Waals surface area contributed by atoms with Crippen molar-refractivity contribution in [3.8, 4) is 10.6 Å². The van der Waals surface area contributed by atoms with Crippen LogP contribution in [0.4, 0.5) is 0 Å². The molecule has 0 bridgehead atoms. The van der Waals surface area contributed by atoms with E-state index in [1.54, 1.807) is 0 Å². The molecule has 3 rings (SSSR count). The molecule has 1 amide bonds. The number of carbonyl (C=O) groups is 1. The predicted molar refractivity (Wildman–Crippen MR) is 95.3 cm³/mol. The van der Waals surface area contributed by atoms with Crippen molar-refractivity contribution in [2.45, 2.75) is 32.9 Å². The Bertz CT molecular complexity index is 713. The highest BCUT2D eigenvalue weighted by Crippen LogP contribution is 2.30. The first-order valence-corrected chi connectivity index (χ1v) is 8.94. The van der Waals surface area contributed by atoms with E-state index >= 15 is 0 Å². The van der Waals surface area contributed by atoms with Gasteiger partial charge in [0.15, 0.2) is 0 Å². The lowest BCUT2D eigenvalue weighted by Crippen LogP contribution is -2.57. The van der Waals surface area contributed by atoms with E-state index in [0.29, 0.717) is 11.1 Å². The standard InChI is InChI=1S/C17H20ClN3OS/c1-10-12(3)21(9-8-19-10)17(22)15-11(2)20-16(23-15)13-4-6-14(18)7-5-13/h4-7,10,12,19H,8-9H2,1-3H3. The lowest BCUT2D eigenvalue weighted by molar-refractivity contribution is 0.0607. The molecular weight excluding hydrogens is 330 g/mol. The quantitative estimate of drug-likeness (QED) is 0.901. The van der Waals surface area contributed by atoms with Crippen molar-refractivity contribution in [3.05, 3.63) is 39.9 Å². The molecule has 1 aliphatic rings. The van der Waals surface area contributed by atoms with E-state index in [2.05, 4.69) is 24.1 Å². The van der Waals surface area contributed by atoms with Gasteiger partial charge < -0.3 is 10.2 Å². The number of aryl methyl sites for hydroxylation is 1. The summed E-state index contributed by atoms with van der Waals surface area (Å²) in [5, 5.41) is 4.96. The number of amides is 1. The van der Waals surface area contributed by atoms with Gasteiger partial charge in [-0.15, -0.1) is 11.3 Å². The minimum atomic E-state index is 0.0843. The maximum Gasteiger partial charge on any atom is 0.266 e. The number of aromatic nitrogens is 1. The smallest absolute Gasteiger partial charge is 0.266 e. The fourth-order valence-corrected chi connectivity index (χ4v) is 3.94. The van der Waals surface area contributed by atoms with Crippen LogP contribution >= 0.6 is 22.9 Å². The van der Waals surface area contributed by atoms with E-state index < -0.39 is 0 Å². The van der Waals surface area contributed by atoms with E-state index in [0.717, 1.165) is 34.2 Å². The SMILES string of the molecule is Cc1nc(-c2ccc(Cl)cc2)sc1C(=O)N1CCNC(C)C1C. The predicted octanol–water partition coefficient (Wildman–Crippen LogP) is 3.59. The first-order chi connectivity index (χ1) is 11.0. The van der Waals surface area contributed by atoms with E-state index in [9.17, 15) is 4.79 Å². The number of hydrogen-bond acceptors (Lipinski definition) is 4. The Morgan fingerprint density at radius 1 is 1.35 bits per heavy atom. The Balaban J connectivity index is 1.88. The monoisotopic (exact) mass is 349 g/mol. The topological polar surface area (TPSA) is 45.2 Å². The van der Waals surface area contributed by atoms with Crippen LogP contribution in [0, 0.1) is 6.92 Å². The highest BCUT2D eigenvalue weighted by molar-refractivity contribution is 7.17. The Morgan fingerprint density at radius 2 is 2.04 bits per heavy atom. The van der Waals surface area contributed by atoms with Gasteiger partial charge in [0.1, 0.15) is 9.88 Å². The average molecular weight is 350 g/mol. The van der Waals surface area contributed by atoms with Crippen molar-refractivity contribution in [2.24, 2.45) is 0 Å². The van der Waals surface area contributed by atoms with Crippen LogP contribution in [0.3, 0.4) is 0 Å². The van der Waals surface area contributed by atoms with Crippen molar-refractivity contribution in [1.29, 1.82) is 0 Å². The maximum absolute atomic E-state index is 12.9. The number of thiazole rings is 1. The summed E-state index contributed by atoms with van der Waals surface area (Å²) in [6.07, 6.45) is 0. The Hall–Kier alpha value is -1.43. The third kappa shape index (κ3) is 3.27. The molecule has 122 valence electrons. The lowest BCUT2D eigenvalue weighted by atomic mass is 10.1. The van der Waals surface area contributed by atoms with Gasteiger partial charge in [-0.2, -0.15) is 0 Å². The van der Waals surface area contributed by atoms with Crippen molar-refractivity contribution in [2.75, 3.05) is 13.1 Å². The summed E-state index contributed by atoms with van der Waals surface area (Å²) in [7, 11) is 0. The fraction of sp³-hybridized carbons (Fsp3) is 0.412. The van der Waals surface area contributed by atoms with E-state index in [4.69, 9.17) is 11.6 Å². The number of halogens is 1. The Labute approximate surface area is 145 Å². The van der Waals surface area contributed by atoms with Crippen molar-refractivity contribution < 1.29 is 4.79 Å². The van der Waals surface area contributed by atoms with Gasteiger partial charge in [-0.25, -0.2) is 4.98 Å². The molecule has 1 aromatic heterocycles. The van der Waals surface area contributed by atoms with Crippen LogP contribution in [0.5, 0.6) is 0 Å². The number of nitrogens with one attached hydrogen (secondary N) is 1. The average Bonchev–Trinajstić information content (AvgIpc) is 2.92. The summed E-state index contributed by atoms with van der Waals surface area (Å²) in [4.78, 5) is 20.2. The zero-order chi connectivity index (χ0) is 16.6. The first kappa shape index (κ1) is 16.4. The minimum Gasteiger partial charge on any atom is -0.332 e. The minimum absolute atomic E-state index is 0.0843. The van der Waals surface area contributed by atoms with Crippen molar-refractivity contribution in [3.63, 3.8) is 0 Å². The third-order valence-corrected chi connectivity index (χ3v) is 5.82. The second kappa shape index (κ2) is 6.59. The molecule has 1 saturated heterocycles. The summed E-state index contributed by atoms with van der Waals surface area (Å²) in [6, 6.07) is 8.03. The fourth-order valence-electron chi connectivity index (χ4n) is 2.78. The number of benzene rings is 1. The molecule has 23 heavy (non-hydrogen) atoms. The summed E-state index contributed by atoms with van der Waals surface area (Å²) in [5.41, 5.74) is 1.78. The van der Waals surface area contributed by atoms with Gasteiger partial charge in [-0.3, -0.25) is 4.79 Å². The highest BCUT2D eigenvalue weighted by atomic mass is 35.5. The molecule has 1 aliphatic heterocycles. The number of rotatable bonds is 2. The van der Waals surface area contributed by atoms with Gasteiger partial charge in [-0.05, 0) is 32.9 Å². The second-order valence-corrected chi connectivity index (χ2v) is 7.36. The van der Waals surface area contributed by atoms with E-state index in [1.807, 2.05) is 36.1 Å². The second-order valence-electron chi connectivity index (χ2n) is 5.92. The normalized spacial score (nSPS) is 21.5. The summed E-state index contributed by atoms with van der Waals surface area (Å²) in [6.45, 7) is 7.67. The Morgan fingerprint density at radius 3 is 2.74 bits per heavy atom. The summed E-state index contributed by atoms with van der Waals surface area (Å²) >= 11 is 7.39. The number of hydrogen-bond donors (Lipinski definition) is 1. The van der Waals surface area contributed by atoms with Gasteiger partial charge >= 0.3 is 0 Å². The lowest BCUT2D eigenvalue weighted by Gasteiger charge is -2.38. The molecule has 2 unspecified atom stereocenters. The summed E-state index contributed by atoms with van der Waals surface area (Å²) < 4.78 is 0. The van der Waals surface area contributed by atoms with Crippen LogP contribution < -0.4 is 5.32 Å². The van der Waals surface area contributed by atoms with Gasteiger partial charge in [0.25, 0.3) is 5.91 Å². The zero-order valence-electron chi connectivity index (χ0n) is 13.5. The third-order valence-electron chi connectivity index (χ3n) is 4.38. The molecule has 4 nitrogen and oxygen atoms in total. The maximum atomic E-state index is 12.9. The molecule has 1 aromatic carbocycles. The van der Waals surface area contributed by atoms with Crippen LogP contribution in [0.2, 0.25) is 5.02 Å². The molecule has 0 spiro atoms. The van der Waals surface area contributed by atoms with Crippen molar-refractivity contribution >= 4 is 28.8 Å². The summed E-state index contributed by atoms with van der Waals surface area (Å²) in [5.74, 6) is 0.0843. The van der Waals surface area contributed by atoms with Gasteiger partial charge in [0.05, 0.1) is 5.69 Å². The van der Waals surface area contributed by atoms with Crippen LogP contribution in [-0.2, 0) is 0 Å². The van der Waals surface area contributed by atoms with Crippen LogP contribution in [0.1, 0.15) is 29.2 Å². The molecule has 1 N–H and O–H groups in total. The molecule has 2 heterocycles. The largest absolute Gasteiger partial charge is 0.332 e. The van der Waals surface area contributed by atoms with E-state index in [1.165, 1.54) is 11.3 Å². The van der Waals surface area contributed by atoms with Crippen molar-refractivity contribution in [1.82, 2.24) is 15.2 Å². The van der Waals surface area contributed by atoms with Gasteiger partial charge in [-0.1, -0.05) is 23.7 Å². The van der Waals surface area contributed by atoms with E-state index in [-0.39, 0.29) is 11.9 Å². The molecule has 0 aliphatic carbocycles. The molecule has 2 atom stereocenters. The van der Waals surface area contributed by atoms with Crippen LogP contribution in [0.25, 0.3) is 10.6 Å². The highest BCUT2D eigenvalue weighted by Gasteiger charge is 2.30. The Kier molecular flexibility index (Phi) is 4.71. The van der Waals surface area contributed by atoms with Gasteiger partial charge in [0, 0.05) is 35.8 Å². The molecule has 1 fully saturated rings. The zero-order valence-corrected chi connectivity index (χ0v) is 15.0. The van der Waals surface area contributed by atoms with Crippen LogP contribution in [0.15, 0.2) is 24.3 Å². The molecule has 6 heteroatoms. The molecule has 2 aromatic rings. The number of nitrogens with zero attached hydrogens (tertiary/aromatic N) is 2.